The highest BCUT2D eigenvalue weighted by atomic mass is 32.1. The molecule has 1 unspecified atom stereocenters. The summed E-state index contributed by atoms with van der Waals surface area (Å²) in [5.74, 6) is -0.123. The Labute approximate surface area is 133 Å². The maximum Gasteiger partial charge on any atom is 0.261 e. The summed E-state index contributed by atoms with van der Waals surface area (Å²) in [4.78, 5) is 15.0. The molecule has 0 bridgehead atoms. The number of amides is 1. The number of carbonyl (C=O) groups excluding carboxylic acids is 1. The van der Waals surface area contributed by atoms with Crippen molar-refractivity contribution in [1.82, 2.24) is 10.2 Å². The molecule has 22 heavy (non-hydrogen) atoms. The number of nitrogens with one attached hydrogen (secondary N) is 1. The summed E-state index contributed by atoms with van der Waals surface area (Å²) in [7, 11) is 0. The predicted octanol–water partition coefficient (Wildman–Crippen LogP) is 1.32. The summed E-state index contributed by atoms with van der Waals surface area (Å²) >= 11 is 1.47. The van der Waals surface area contributed by atoms with Crippen LogP contribution in [-0.4, -0.2) is 61.4 Å². The number of aliphatic hydroxyl groups excluding tert-OH is 1. The van der Waals surface area contributed by atoms with Crippen molar-refractivity contribution in [2.24, 2.45) is 0 Å². The highest BCUT2D eigenvalue weighted by molar-refractivity contribution is 7.20. The minimum Gasteiger partial charge on any atom is -0.390 e. The molecule has 3 rings (SSSR count). The van der Waals surface area contributed by atoms with Crippen LogP contribution < -0.4 is 5.32 Å². The van der Waals surface area contributed by atoms with Crippen molar-refractivity contribution in [3.8, 4) is 0 Å². The molecule has 1 aliphatic rings. The van der Waals surface area contributed by atoms with Crippen molar-refractivity contribution in [1.29, 1.82) is 0 Å². The van der Waals surface area contributed by atoms with Crippen LogP contribution in [-0.2, 0) is 4.74 Å². The van der Waals surface area contributed by atoms with Gasteiger partial charge in [-0.2, -0.15) is 0 Å². The normalized spacial score (nSPS) is 17.5. The third-order valence-electron chi connectivity index (χ3n) is 3.72. The lowest BCUT2D eigenvalue weighted by molar-refractivity contribution is 0.0149. The Kier molecular flexibility index (Phi) is 5.04. The molecule has 118 valence electrons. The number of rotatable bonds is 5. The molecule has 6 heteroatoms. The van der Waals surface area contributed by atoms with Crippen molar-refractivity contribution in [2.45, 2.75) is 6.10 Å². The minimum atomic E-state index is -0.559. The van der Waals surface area contributed by atoms with E-state index in [1.807, 2.05) is 30.3 Å². The van der Waals surface area contributed by atoms with E-state index in [1.165, 1.54) is 11.3 Å². The Balaban J connectivity index is 1.50. The van der Waals surface area contributed by atoms with Gasteiger partial charge in [0.1, 0.15) is 0 Å². The van der Waals surface area contributed by atoms with Gasteiger partial charge >= 0.3 is 0 Å². The second kappa shape index (κ2) is 7.19. The number of aliphatic hydroxyl groups is 1. The van der Waals surface area contributed by atoms with E-state index in [-0.39, 0.29) is 12.5 Å². The smallest absolute Gasteiger partial charge is 0.261 e. The first-order chi connectivity index (χ1) is 10.7. The molecule has 1 aliphatic heterocycles. The average Bonchev–Trinajstić information content (AvgIpc) is 2.98. The molecule has 2 N–H and O–H groups in total. The first kappa shape index (κ1) is 15.4. The topological polar surface area (TPSA) is 61.8 Å². The highest BCUT2D eigenvalue weighted by Gasteiger charge is 2.16. The van der Waals surface area contributed by atoms with Crippen LogP contribution in [0.1, 0.15) is 9.67 Å². The Morgan fingerprint density at radius 2 is 2.14 bits per heavy atom. The number of hydrogen-bond acceptors (Lipinski definition) is 5. The van der Waals surface area contributed by atoms with Gasteiger partial charge < -0.3 is 15.2 Å². The van der Waals surface area contributed by atoms with Crippen molar-refractivity contribution in [3.63, 3.8) is 0 Å². The summed E-state index contributed by atoms with van der Waals surface area (Å²) in [6.45, 7) is 3.92. The first-order valence-electron chi connectivity index (χ1n) is 7.47. The van der Waals surface area contributed by atoms with E-state index in [2.05, 4.69) is 10.2 Å². The molecule has 2 aromatic rings. The molecule has 0 radical (unpaired) electrons. The Morgan fingerprint density at radius 3 is 2.91 bits per heavy atom. The summed E-state index contributed by atoms with van der Waals surface area (Å²) in [5.41, 5.74) is 0. The lowest BCUT2D eigenvalue weighted by Gasteiger charge is -2.28. The van der Waals surface area contributed by atoms with Crippen molar-refractivity contribution < 1.29 is 14.6 Å². The monoisotopic (exact) mass is 320 g/mol. The number of carbonyl (C=O) groups is 1. The molecule has 1 atom stereocenters. The third-order valence-corrected chi connectivity index (χ3v) is 4.84. The fourth-order valence-corrected chi connectivity index (χ4v) is 3.52. The summed E-state index contributed by atoms with van der Waals surface area (Å²) < 4.78 is 6.37. The molecule has 0 saturated carbocycles. The Hall–Kier alpha value is -1.47. The van der Waals surface area contributed by atoms with E-state index < -0.39 is 6.10 Å². The van der Waals surface area contributed by atoms with Gasteiger partial charge in [0.2, 0.25) is 0 Å². The van der Waals surface area contributed by atoms with Crippen LogP contribution in [0, 0.1) is 0 Å². The maximum absolute atomic E-state index is 12.2. The van der Waals surface area contributed by atoms with Gasteiger partial charge in [0.25, 0.3) is 5.91 Å². The molecule has 5 nitrogen and oxygen atoms in total. The number of ether oxygens (including phenoxy) is 1. The fourth-order valence-electron chi connectivity index (χ4n) is 2.54. The standard InChI is InChI=1S/C16H20N2O3S/c19-13(11-18-5-7-21-8-6-18)10-17-16(20)15-9-12-3-1-2-4-14(12)22-15/h1-4,9,13,19H,5-8,10-11H2,(H,17,20). The second-order valence-corrected chi connectivity index (χ2v) is 6.51. The molecule has 1 saturated heterocycles. The summed E-state index contributed by atoms with van der Waals surface area (Å²) in [6.07, 6.45) is -0.559. The van der Waals surface area contributed by atoms with Gasteiger partial charge in [0.05, 0.1) is 24.2 Å². The summed E-state index contributed by atoms with van der Waals surface area (Å²) in [6, 6.07) is 9.82. The molecular weight excluding hydrogens is 300 g/mol. The largest absolute Gasteiger partial charge is 0.390 e. The molecular formula is C16H20N2O3S. The van der Waals surface area contributed by atoms with Gasteiger partial charge in [-0.25, -0.2) is 0 Å². The van der Waals surface area contributed by atoms with Gasteiger partial charge in [-0.3, -0.25) is 9.69 Å². The fraction of sp³-hybridized carbons (Fsp3) is 0.438. The molecule has 1 fully saturated rings. The Morgan fingerprint density at radius 1 is 1.36 bits per heavy atom. The highest BCUT2D eigenvalue weighted by Crippen LogP contribution is 2.24. The van der Waals surface area contributed by atoms with Crippen LogP contribution in [0.5, 0.6) is 0 Å². The number of β-amino-alcohol motifs (C(OH)–C–C–N with tert-alkyl or cyclic N) is 1. The number of hydrogen-bond donors (Lipinski definition) is 2. The SMILES string of the molecule is O=C(NCC(O)CN1CCOCC1)c1cc2ccccc2s1. The minimum absolute atomic E-state index is 0.123. The van der Waals surface area contributed by atoms with Gasteiger partial charge in [0.15, 0.2) is 0 Å². The molecule has 1 amide bonds. The lowest BCUT2D eigenvalue weighted by Crippen LogP contribution is -2.44. The zero-order valence-electron chi connectivity index (χ0n) is 12.3. The lowest BCUT2D eigenvalue weighted by atomic mass is 10.2. The third kappa shape index (κ3) is 3.84. The number of nitrogens with zero attached hydrogens (tertiary/aromatic N) is 1. The first-order valence-corrected chi connectivity index (χ1v) is 8.29. The average molecular weight is 320 g/mol. The van der Waals surface area contributed by atoms with Gasteiger partial charge in [-0.1, -0.05) is 18.2 Å². The number of benzene rings is 1. The van der Waals surface area contributed by atoms with E-state index >= 15 is 0 Å². The molecule has 1 aromatic carbocycles. The number of morpholine rings is 1. The van der Waals surface area contributed by atoms with E-state index in [1.54, 1.807) is 0 Å². The molecule has 1 aromatic heterocycles. The quantitative estimate of drug-likeness (QED) is 0.872. The van der Waals surface area contributed by atoms with Gasteiger partial charge in [-0.15, -0.1) is 11.3 Å². The summed E-state index contributed by atoms with van der Waals surface area (Å²) in [5, 5.41) is 13.9. The van der Waals surface area contributed by atoms with Crippen LogP contribution >= 0.6 is 11.3 Å². The number of fused-ring (bicyclic) bond motifs is 1. The van der Waals surface area contributed by atoms with Crippen LogP contribution in [0.4, 0.5) is 0 Å². The van der Waals surface area contributed by atoms with E-state index in [9.17, 15) is 9.90 Å². The van der Waals surface area contributed by atoms with Crippen LogP contribution in [0.2, 0.25) is 0 Å². The molecule has 0 spiro atoms. The van der Waals surface area contributed by atoms with Crippen molar-refractivity contribution >= 4 is 27.3 Å². The van der Waals surface area contributed by atoms with Gasteiger partial charge in [-0.05, 0) is 17.5 Å². The van der Waals surface area contributed by atoms with Crippen LogP contribution in [0.3, 0.4) is 0 Å². The maximum atomic E-state index is 12.2. The van der Waals surface area contributed by atoms with Crippen LogP contribution in [0.25, 0.3) is 10.1 Å². The Bertz CT molecular complexity index is 604. The van der Waals surface area contributed by atoms with Crippen molar-refractivity contribution in [2.75, 3.05) is 39.4 Å². The zero-order chi connectivity index (χ0) is 15.4. The van der Waals surface area contributed by atoms with E-state index in [0.717, 1.165) is 23.2 Å². The number of thiophene rings is 1. The van der Waals surface area contributed by atoms with Gasteiger partial charge in [0, 0.05) is 30.9 Å². The molecule has 0 aliphatic carbocycles. The zero-order valence-corrected chi connectivity index (χ0v) is 13.1. The van der Waals surface area contributed by atoms with Crippen LogP contribution in [0.15, 0.2) is 30.3 Å². The molecule has 2 heterocycles. The second-order valence-electron chi connectivity index (χ2n) is 5.43. The predicted molar refractivity (Wildman–Crippen MR) is 87.4 cm³/mol. The van der Waals surface area contributed by atoms with E-state index in [0.29, 0.717) is 24.6 Å². The van der Waals surface area contributed by atoms with Crippen molar-refractivity contribution in [3.05, 3.63) is 35.2 Å². The van der Waals surface area contributed by atoms with E-state index in [4.69, 9.17) is 4.74 Å².